The lowest BCUT2D eigenvalue weighted by Crippen LogP contribution is -2.55. The van der Waals surface area contributed by atoms with E-state index in [1.54, 1.807) is 17.5 Å². The predicted octanol–water partition coefficient (Wildman–Crippen LogP) is 3.56. The Balaban J connectivity index is 1.65. The van der Waals surface area contributed by atoms with Crippen molar-refractivity contribution in [2.45, 2.75) is 61.9 Å². The first-order valence-corrected chi connectivity index (χ1v) is 12.2. The second-order valence-electron chi connectivity index (χ2n) is 7.85. The van der Waals surface area contributed by atoms with E-state index in [2.05, 4.69) is 12.2 Å². The number of hydrogen-bond donors (Lipinski definition) is 1. The Bertz CT molecular complexity index is 940. The van der Waals surface area contributed by atoms with E-state index in [1.165, 1.54) is 22.1 Å². The van der Waals surface area contributed by atoms with Crippen LogP contribution < -0.4 is 5.32 Å². The molecule has 1 aromatic heterocycles. The number of fused-ring (bicyclic) bond motifs is 1. The van der Waals surface area contributed by atoms with Crippen LogP contribution in [-0.2, 0) is 27.8 Å². The van der Waals surface area contributed by atoms with Gasteiger partial charge < -0.3 is 5.32 Å². The molecular weight excluding hydrogens is 392 g/mol. The largest absolute Gasteiger partial charge is 0.352 e. The molecular formula is C21H26N2O3S2. The van der Waals surface area contributed by atoms with Gasteiger partial charge in [-0.1, -0.05) is 50.1 Å². The van der Waals surface area contributed by atoms with Crippen LogP contribution in [0.3, 0.4) is 0 Å². The topological polar surface area (TPSA) is 66.5 Å². The Morgan fingerprint density at radius 3 is 2.57 bits per heavy atom. The second kappa shape index (κ2) is 7.97. The molecule has 1 fully saturated rings. The Morgan fingerprint density at radius 2 is 1.86 bits per heavy atom. The second-order valence-corrected chi connectivity index (χ2v) is 10.9. The smallest absolute Gasteiger partial charge is 0.253 e. The molecule has 1 N–H and O–H groups in total. The van der Waals surface area contributed by atoms with Crippen LogP contribution in [0.1, 0.15) is 43.7 Å². The van der Waals surface area contributed by atoms with E-state index in [4.69, 9.17) is 0 Å². The lowest BCUT2D eigenvalue weighted by atomic mass is 9.85. The normalized spacial score (nSPS) is 25.8. The molecule has 2 aliphatic rings. The average molecular weight is 419 g/mol. The highest BCUT2D eigenvalue weighted by Gasteiger charge is 2.40. The van der Waals surface area contributed by atoms with E-state index in [-0.39, 0.29) is 22.7 Å². The number of nitrogens with one attached hydrogen (secondary N) is 1. The zero-order valence-electron chi connectivity index (χ0n) is 16.0. The molecule has 3 atom stereocenters. The minimum absolute atomic E-state index is 0.129. The van der Waals surface area contributed by atoms with Gasteiger partial charge in [-0.2, -0.15) is 4.31 Å². The molecule has 7 heteroatoms. The Labute approximate surface area is 170 Å². The molecule has 0 radical (unpaired) electrons. The highest BCUT2D eigenvalue weighted by molar-refractivity contribution is 7.91. The van der Waals surface area contributed by atoms with Crippen molar-refractivity contribution in [2.75, 3.05) is 0 Å². The molecule has 1 saturated carbocycles. The maximum atomic E-state index is 13.3. The van der Waals surface area contributed by atoms with Crippen LogP contribution in [0.25, 0.3) is 0 Å². The van der Waals surface area contributed by atoms with Crippen LogP contribution in [0.4, 0.5) is 0 Å². The maximum Gasteiger partial charge on any atom is 0.253 e. The number of rotatable bonds is 4. The van der Waals surface area contributed by atoms with Crippen molar-refractivity contribution < 1.29 is 13.2 Å². The van der Waals surface area contributed by atoms with E-state index in [9.17, 15) is 13.2 Å². The van der Waals surface area contributed by atoms with Crippen molar-refractivity contribution in [3.8, 4) is 0 Å². The number of benzene rings is 1. The van der Waals surface area contributed by atoms with Crippen LogP contribution in [0.2, 0.25) is 0 Å². The monoisotopic (exact) mass is 418 g/mol. The predicted molar refractivity (Wildman–Crippen MR) is 111 cm³/mol. The first kappa shape index (κ1) is 19.6. The SMILES string of the molecule is CC1CCCCC1NC(=O)C1Cc2ccccc2CN1S(=O)(=O)c1cccs1. The van der Waals surface area contributed by atoms with Crippen LogP contribution in [0.5, 0.6) is 0 Å². The first-order valence-electron chi connectivity index (χ1n) is 9.89. The van der Waals surface area contributed by atoms with Crippen LogP contribution in [0, 0.1) is 5.92 Å². The quantitative estimate of drug-likeness (QED) is 0.826. The van der Waals surface area contributed by atoms with Gasteiger partial charge in [0, 0.05) is 12.6 Å². The van der Waals surface area contributed by atoms with E-state index in [0.29, 0.717) is 12.3 Å². The van der Waals surface area contributed by atoms with E-state index >= 15 is 0 Å². The summed E-state index contributed by atoms with van der Waals surface area (Å²) in [6.07, 6.45) is 4.79. The molecule has 5 nitrogen and oxygen atoms in total. The maximum absolute atomic E-state index is 13.3. The lowest BCUT2D eigenvalue weighted by Gasteiger charge is -2.37. The third-order valence-corrected chi connectivity index (χ3v) is 9.23. The van der Waals surface area contributed by atoms with Crippen LogP contribution >= 0.6 is 11.3 Å². The fourth-order valence-corrected chi connectivity index (χ4v) is 7.00. The molecule has 0 spiro atoms. The standard InChI is InChI=1S/C21H26N2O3S2/c1-15-7-2-5-10-18(15)22-21(24)19-13-16-8-3-4-9-17(16)14-23(19)28(25,26)20-11-6-12-27-20/h3-4,6,8-9,11-12,15,18-19H,2,5,7,10,13-14H2,1H3,(H,22,24). The van der Waals surface area contributed by atoms with Gasteiger partial charge in [-0.3, -0.25) is 4.79 Å². The Morgan fingerprint density at radius 1 is 1.11 bits per heavy atom. The van der Waals surface area contributed by atoms with Gasteiger partial charge in [-0.15, -0.1) is 11.3 Å². The van der Waals surface area contributed by atoms with Crippen molar-refractivity contribution in [2.24, 2.45) is 5.92 Å². The minimum atomic E-state index is -3.72. The van der Waals surface area contributed by atoms with E-state index in [1.807, 2.05) is 24.3 Å². The molecule has 4 rings (SSSR count). The van der Waals surface area contributed by atoms with Crippen molar-refractivity contribution in [3.63, 3.8) is 0 Å². The molecule has 1 aliphatic carbocycles. The molecule has 28 heavy (non-hydrogen) atoms. The minimum Gasteiger partial charge on any atom is -0.352 e. The van der Waals surface area contributed by atoms with Crippen LogP contribution in [0.15, 0.2) is 46.0 Å². The molecule has 0 saturated heterocycles. The Hall–Kier alpha value is -1.70. The highest BCUT2D eigenvalue weighted by Crippen LogP contribution is 2.31. The average Bonchev–Trinajstić information content (AvgIpc) is 3.24. The van der Waals surface area contributed by atoms with Crippen molar-refractivity contribution in [1.29, 1.82) is 0 Å². The third-order valence-electron chi connectivity index (χ3n) is 6.01. The summed E-state index contributed by atoms with van der Waals surface area (Å²) in [5.41, 5.74) is 2.02. The number of hydrogen-bond acceptors (Lipinski definition) is 4. The summed E-state index contributed by atoms with van der Waals surface area (Å²) in [6.45, 7) is 2.40. The first-order chi connectivity index (χ1) is 13.5. The Kier molecular flexibility index (Phi) is 5.58. The molecule has 0 bridgehead atoms. The molecule has 1 aliphatic heterocycles. The van der Waals surface area contributed by atoms with Gasteiger partial charge in [-0.25, -0.2) is 8.42 Å². The lowest BCUT2D eigenvalue weighted by molar-refractivity contribution is -0.126. The highest BCUT2D eigenvalue weighted by atomic mass is 32.2. The van der Waals surface area contributed by atoms with Gasteiger partial charge in [0.15, 0.2) is 0 Å². The number of carbonyl (C=O) groups excluding carboxylic acids is 1. The zero-order valence-corrected chi connectivity index (χ0v) is 17.6. The van der Waals surface area contributed by atoms with E-state index < -0.39 is 16.1 Å². The van der Waals surface area contributed by atoms with Gasteiger partial charge in [0.25, 0.3) is 10.0 Å². The summed E-state index contributed by atoms with van der Waals surface area (Å²) in [5, 5.41) is 4.93. The van der Waals surface area contributed by atoms with Gasteiger partial charge >= 0.3 is 0 Å². The summed E-state index contributed by atoms with van der Waals surface area (Å²) in [5.74, 6) is 0.254. The fraction of sp³-hybridized carbons (Fsp3) is 0.476. The van der Waals surface area contributed by atoms with Gasteiger partial charge in [-0.05, 0) is 47.8 Å². The molecule has 3 unspecified atom stereocenters. The van der Waals surface area contributed by atoms with Gasteiger partial charge in [0.2, 0.25) is 5.91 Å². The summed E-state index contributed by atoms with van der Waals surface area (Å²) >= 11 is 1.19. The van der Waals surface area contributed by atoms with Crippen molar-refractivity contribution >= 4 is 27.3 Å². The van der Waals surface area contributed by atoms with E-state index in [0.717, 1.165) is 30.4 Å². The van der Waals surface area contributed by atoms with Crippen molar-refractivity contribution in [3.05, 3.63) is 52.9 Å². The molecule has 1 amide bonds. The number of amides is 1. The molecule has 1 aromatic carbocycles. The number of thiophene rings is 1. The number of carbonyl (C=O) groups is 1. The van der Waals surface area contributed by atoms with Gasteiger partial charge in [0.05, 0.1) is 0 Å². The van der Waals surface area contributed by atoms with Crippen molar-refractivity contribution in [1.82, 2.24) is 9.62 Å². The van der Waals surface area contributed by atoms with Crippen LogP contribution in [-0.4, -0.2) is 30.7 Å². The number of nitrogens with zero attached hydrogens (tertiary/aromatic N) is 1. The summed E-state index contributed by atoms with van der Waals surface area (Å²) < 4.78 is 28.3. The molecule has 2 aromatic rings. The molecule has 2 heterocycles. The summed E-state index contributed by atoms with van der Waals surface area (Å²) in [7, 11) is -3.72. The summed E-state index contributed by atoms with van der Waals surface area (Å²) in [6, 6.07) is 10.6. The molecule has 150 valence electrons. The summed E-state index contributed by atoms with van der Waals surface area (Å²) in [4.78, 5) is 13.2. The van der Waals surface area contributed by atoms with Gasteiger partial charge in [0.1, 0.15) is 10.3 Å². The fourth-order valence-electron chi connectivity index (χ4n) is 4.31. The zero-order chi connectivity index (χ0) is 19.7. The number of sulfonamides is 1. The third kappa shape index (κ3) is 3.75.